The summed E-state index contributed by atoms with van der Waals surface area (Å²) in [6.45, 7) is 0. The first-order valence-corrected chi connectivity index (χ1v) is 6.41. The quantitative estimate of drug-likeness (QED) is 0.694. The van der Waals surface area contributed by atoms with Crippen LogP contribution in [0.4, 0.5) is 10.1 Å². The van der Waals surface area contributed by atoms with Gasteiger partial charge in [-0.1, -0.05) is 24.3 Å². The van der Waals surface area contributed by atoms with Gasteiger partial charge in [0.1, 0.15) is 11.7 Å². The minimum Gasteiger partial charge on any atom is -0.324 e. The van der Waals surface area contributed by atoms with Gasteiger partial charge >= 0.3 is 0 Å². The van der Waals surface area contributed by atoms with Gasteiger partial charge in [0.05, 0.1) is 11.3 Å². The number of hydrogen-bond donors (Lipinski definition) is 1. The highest BCUT2D eigenvalue weighted by atomic mass is 35.5. The van der Waals surface area contributed by atoms with Crippen molar-refractivity contribution < 1.29 is 14.0 Å². The Labute approximate surface area is 120 Å². The Morgan fingerprint density at radius 2 is 1.60 bits per heavy atom. The maximum Gasteiger partial charge on any atom is 0.239 e. The van der Waals surface area contributed by atoms with Crippen LogP contribution in [0.5, 0.6) is 0 Å². The smallest absolute Gasteiger partial charge is 0.239 e. The highest BCUT2D eigenvalue weighted by Gasteiger charge is 2.17. The van der Waals surface area contributed by atoms with Crippen LogP contribution < -0.4 is 5.32 Å². The molecule has 0 unspecified atom stereocenters. The van der Waals surface area contributed by atoms with Crippen LogP contribution in [0, 0.1) is 5.82 Å². The summed E-state index contributed by atoms with van der Waals surface area (Å²) in [7, 11) is 0. The van der Waals surface area contributed by atoms with Crippen molar-refractivity contribution in [2.75, 3.05) is 11.2 Å². The lowest BCUT2D eigenvalue weighted by atomic mass is 10.0. The molecule has 0 aliphatic heterocycles. The number of para-hydroxylation sites is 1. The Morgan fingerprint density at radius 3 is 2.25 bits per heavy atom. The summed E-state index contributed by atoms with van der Waals surface area (Å²) in [4.78, 5) is 23.7. The molecule has 0 aromatic heterocycles. The zero-order chi connectivity index (χ0) is 14.5. The minimum absolute atomic E-state index is 0.0416. The molecule has 0 heterocycles. The van der Waals surface area contributed by atoms with Gasteiger partial charge in [-0.2, -0.15) is 0 Å². The molecule has 3 nitrogen and oxygen atoms in total. The SMILES string of the molecule is O=C(CCl)Nc1ccccc1C(=O)c1ccccc1F. The molecular weight excluding hydrogens is 281 g/mol. The first-order valence-electron chi connectivity index (χ1n) is 5.87. The number of alkyl halides is 1. The standard InChI is InChI=1S/C15H11ClFNO2/c16-9-14(19)18-13-8-4-2-6-11(13)15(20)10-5-1-3-7-12(10)17/h1-8H,9H2,(H,18,19). The van der Waals surface area contributed by atoms with E-state index in [0.29, 0.717) is 5.69 Å². The van der Waals surface area contributed by atoms with Crippen molar-refractivity contribution in [3.8, 4) is 0 Å². The van der Waals surface area contributed by atoms with E-state index in [1.807, 2.05) is 0 Å². The number of hydrogen-bond acceptors (Lipinski definition) is 2. The maximum absolute atomic E-state index is 13.7. The number of carbonyl (C=O) groups is 2. The van der Waals surface area contributed by atoms with Crippen molar-refractivity contribution >= 4 is 29.0 Å². The number of anilines is 1. The number of halogens is 2. The van der Waals surface area contributed by atoms with Crippen molar-refractivity contribution in [3.63, 3.8) is 0 Å². The van der Waals surface area contributed by atoms with E-state index in [9.17, 15) is 14.0 Å². The van der Waals surface area contributed by atoms with Gasteiger partial charge in [0, 0.05) is 5.56 Å². The summed E-state index contributed by atoms with van der Waals surface area (Å²) >= 11 is 5.42. The average molecular weight is 292 g/mol. The largest absolute Gasteiger partial charge is 0.324 e. The van der Waals surface area contributed by atoms with E-state index < -0.39 is 17.5 Å². The number of carbonyl (C=O) groups excluding carboxylic acids is 2. The Hall–Kier alpha value is -2.20. The van der Waals surface area contributed by atoms with Gasteiger partial charge in [0.15, 0.2) is 5.78 Å². The van der Waals surface area contributed by atoms with E-state index in [0.717, 1.165) is 0 Å². The molecule has 0 spiro atoms. The lowest BCUT2D eigenvalue weighted by molar-refractivity contribution is -0.113. The van der Waals surface area contributed by atoms with Crippen molar-refractivity contribution in [1.82, 2.24) is 0 Å². The second-order valence-corrected chi connectivity index (χ2v) is 4.30. The molecule has 102 valence electrons. The predicted molar refractivity (Wildman–Crippen MR) is 75.6 cm³/mol. The lowest BCUT2D eigenvalue weighted by Crippen LogP contribution is -2.16. The first kappa shape index (κ1) is 14.2. The fourth-order valence-electron chi connectivity index (χ4n) is 1.76. The van der Waals surface area contributed by atoms with Gasteiger partial charge in [-0.15, -0.1) is 11.6 Å². The van der Waals surface area contributed by atoms with Crippen molar-refractivity contribution in [3.05, 3.63) is 65.5 Å². The summed E-state index contributed by atoms with van der Waals surface area (Å²) in [6, 6.07) is 12.1. The summed E-state index contributed by atoms with van der Waals surface area (Å²) in [5.74, 6) is -1.74. The fourth-order valence-corrected chi connectivity index (χ4v) is 1.83. The molecule has 0 radical (unpaired) electrons. The van der Waals surface area contributed by atoms with E-state index in [4.69, 9.17) is 11.6 Å². The van der Waals surface area contributed by atoms with Gasteiger partial charge in [-0.25, -0.2) is 4.39 Å². The molecule has 0 aliphatic carbocycles. The summed E-state index contributed by atoms with van der Waals surface area (Å²) < 4.78 is 13.7. The van der Waals surface area contributed by atoms with Crippen LogP contribution in [0.1, 0.15) is 15.9 Å². The number of nitrogens with one attached hydrogen (secondary N) is 1. The molecule has 5 heteroatoms. The minimum atomic E-state index is -0.601. The zero-order valence-electron chi connectivity index (χ0n) is 10.4. The van der Waals surface area contributed by atoms with Crippen LogP contribution >= 0.6 is 11.6 Å². The zero-order valence-corrected chi connectivity index (χ0v) is 11.2. The molecule has 1 amide bonds. The van der Waals surface area contributed by atoms with Crippen LogP contribution in [0.25, 0.3) is 0 Å². The maximum atomic E-state index is 13.7. The number of rotatable bonds is 4. The Bertz CT molecular complexity index is 658. The predicted octanol–water partition coefficient (Wildman–Crippen LogP) is 3.23. The van der Waals surface area contributed by atoms with E-state index in [2.05, 4.69) is 5.32 Å². The summed E-state index contributed by atoms with van der Waals surface area (Å²) in [5.41, 5.74) is 0.488. The lowest BCUT2D eigenvalue weighted by Gasteiger charge is -2.09. The van der Waals surface area contributed by atoms with Crippen LogP contribution in [0.15, 0.2) is 48.5 Å². The molecule has 0 aliphatic rings. The Morgan fingerprint density at radius 1 is 1.00 bits per heavy atom. The molecule has 0 saturated heterocycles. The molecule has 1 N–H and O–H groups in total. The summed E-state index contributed by atoms with van der Waals surface area (Å²) in [6.07, 6.45) is 0. The van der Waals surface area contributed by atoms with Gasteiger partial charge in [-0.3, -0.25) is 9.59 Å². The van der Waals surface area contributed by atoms with E-state index in [1.165, 1.54) is 24.3 Å². The Balaban J connectivity index is 2.40. The van der Waals surface area contributed by atoms with Crippen molar-refractivity contribution in [2.24, 2.45) is 0 Å². The Kier molecular flexibility index (Phi) is 4.48. The molecule has 0 atom stereocenters. The third-order valence-corrected chi connectivity index (χ3v) is 2.93. The van der Waals surface area contributed by atoms with Gasteiger partial charge in [0.25, 0.3) is 0 Å². The number of benzene rings is 2. The summed E-state index contributed by atoms with van der Waals surface area (Å²) in [5, 5.41) is 2.52. The van der Waals surface area contributed by atoms with Crippen molar-refractivity contribution in [2.45, 2.75) is 0 Å². The third-order valence-electron chi connectivity index (χ3n) is 2.69. The first-order chi connectivity index (χ1) is 9.63. The van der Waals surface area contributed by atoms with Crippen LogP contribution in [-0.4, -0.2) is 17.6 Å². The molecule has 0 saturated carbocycles. The monoisotopic (exact) mass is 291 g/mol. The molecule has 2 rings (SSSR count). The van der Waals surface area contributed by atoms with E-state index in [-0.39, 0.29) is 17.0 Å². The topological polar surface area (TPSA) is 46.2 Å². The van der Waals surface area contributed by atoms with Crippen LogP contribution in [0.2, 0.25) is 0 Å². The van der Waals surface area contributed by atoms with Gasteiger partial charge in [0.2, 0.25) is 5.91 Å². The second kappa shape index (κ2) is 6.30. The molecule has 2 aromatic rings. The number of ketones is 1. The van der Waals surface area contributed by atoms with Gasteiger partial charge < -0.3 is 5.32 Å². The van der Waals surface area contributed by atoms with E-state index >= 15 is 0 Å². The van der Waals surface area contributed by atoms with Crippen molar-refractivity contribution in [1.29, 1.82) is 0 Å². The van der Waals surface area contributed by atoms with E-state index in [1.54, 1.807) is 24.3 Å². The molecule has 0 fully saturated rings. The molecule has 0 bridgehead atoms. The van der Waals surface area contributed by atoms with Gasteiger partial charge in [-0.05, 0) is 24.3 Å². The van der Waals surface area contributed by atoms with Crippen LogP contribution in [0.3, 0.4) is 0 Å². The normalized spacial score (nSPS) is 10.1. The second-order valence-electron chi connectivity index (χ2n) is 4.04. The average Bonchev–Trinajstić information content (AvgIpc) is 2.47. The molecule has 2 aromatic carbocycles. The number of amides is 1. The highest BCUT2D eigenvalue weighted by Crippen LogP contribution is 2.20. The molecular formula is C15H11ClFNO2. The third kappa shape index (κ3) is 3.03. The molecule has 20 heavy (non-hydrogen) atoms. The highest BCUT2D eigenvalue weighted by molar-refractivity contribution is 6.29. The fraction of sp³-hybridized carbons (Fsp3) is 0.0667. The van der Waals surface area contributed by atoms with Crippen LogP contribution in [-0.2, 0) is 4.79 Å².